The normalized spacial score (nSPS) is 15.8. The van der Waals surface area contributed by atoms with Crippen LogP contribution in [0.2, 0.25) is 0 Å². The SMILES string of the molecule is COc1ccc(Br)cc1/C=C1/NC(=S)N(c2ccccc2C)C1=O. The van der Waals surface area contributed by atoms with E-state index in [9.17, 15) is 4.79 Å². The van der Waals surface area contributed by atoms with E-state index < -0.39 is 0 Å². The first-order chi connectivity index (χ1) is 11.5. The average molecular weight is 403 g/mol. The van der Waals surface area contributed by atoms with E-state index in [1.807, 2.05) is 49.4 Å². The molecule has 0 aliphatic carbocycles. The molecule has 2 aromatic carbocycles. The van der Waals surface area contributed by atoms with Gasteiger partial charge in [-0.1, -0.05) is 34.1 Å². The summed E-state index contributed by atoms with van der Waals surface area (Å²) in [6.45, 7) is 1.95. The molecule has 0 saturated carbocycles. The molecular weight excluding hydrogens is 388 g/mol. The second-order valence-corrected chi connectivity index (χ2v) is 6.60. The molecule has 6 heteroatoms. The summed E-state index contributed by atoms with van der Waals surface area (Å²) in [6, 6.07) is 13.3. The van der Waals surface area contributed by atoms with Crippen LogP contribution >= 0.6 is 28.1 Å². The van der Waals surface area contributed by atoms with Gasteiger partial charge in [-0.25, -0.2) is 0 Å². The summed E-state index contributed by atoms with van der Waals surface area (Å²) in [5, 5.41) is 3.37. The molecule has 1 aliphatic rings. The molecule has 0 spiro atoms. The number of aryl methyl sites for hydroxylation is 1. The van der Waals surface area contributed by atoms with E-state index in [2.05, 4.69) is 21.2 Å². The molecule has 1 N–H and O–H groups in total. The Morgan fingerprint density at radius 2 is 2.00 bits per heavy atom. The number of anilines is 1. The molecule has 0 unspecified atom stereocenters. The molecule has 1 heterocycles. The number of rotatable bonds is 3. The summed E-state index contributed by atoms with van der Waals surface area (Å²) in [4.78, 5) is 14.3. The fraction of sp³-hybridized carbons (Fsp3) is 0.111. The van der Waals surface area contributed by atoms with Gasteiger partial charge >= 0.3 is 0 Å². The van der Waals surface area contributed by atoms with Crippen LogP contribution in [0.25, 0.3) is 6.08 Å². The highest BCUT2D eigenvalue weighted by Crippen LogP contribution is 2.28. The Morgan fingerprint density at radius 3 is 2.71 bits per heavy atom. The number of methoxy groups -OCH3 is 1. The number of thiocarbonyl (C=S) groups is 1. The lowest BCUT2D eigenvalue weighted by atomic mass is 10.1. The Hall–Kier alpha value is -2.18. The van der Waals surface area contributed by atoms with E-state index in [1.165, 1.54) is 4.90 Å². The number of nitrogens with zero attached hydrogens (tertiary/aromatic N) is 1. The van der Waals surface area contributed by atoms with Gasteiger partial charge in [0.15, 0.2) is 5.11 Å². The van der Waals surface area contributed by atoms with E-state index in [-0.39, 0.29) is 5.91 Å². The molecule has 2 aromatic rings. The number of hydrogen-bond donors (Lipinski definition) is 1. The summed E-state index contributed by atoms with van der Waals surface area (Å²) >= 11 is 8.79. The van der Waals surface area contributed by atoms with Crippen LogP contribution in [0.5, 0.6) is 5.75 Å². The number of amides is 1. The number of carbonyl (C=O) groups is 1. The third kappa shape index (κ3) is 3.07. The van der Waals surface area contributed by atoms with Crippen LogP contribution in [0.15, 0.2) is 52.6 Å². The zero-order chi connectivity index (χ0) is 17.3. The lowest BCUT2D eigenvalue weighted by Gasteiger charge is -2.16. The first kappa shape index (κ1) is 16.7. The van der Waals surface area contributed by atoms with Gasteiger partial charge in [-0.15, -0.1) is 0 Å². The number of ether oxygens (including phenoxy) is 1. The molecule has 0 aromatic heterocycles. The van der Waals surface area contributed by atoms with E-state index >= 15 is 0 Å². The van der Waals surface area contributed by atoms with Crippen LogP contribution in [0.4, 0.5) is 5.69 Å². The molecule has 24 heavy (non-hydrogen) atoms. The molecule has 1 aliphatic heterocycles. The Kier molecular flexibility index (Phi) is 4.69. The predicted molar refractivity (Wildman–Crippen MR) is 103 cm³/mol. The maximum atomic E-state index is 12.8. The molecule has 1 fully saturated rings. The summed E-state index contributed by atoms with van der Waals surface area (Å²) in [6.07, 6.45) is 1.75. The second-order valence-electron chi connectivity index (χ2n) is 5.30. The van der Waals surface area contributed by atoms with E-state index in [1.54, 1.807) is 13.2 Å². The van der Waals surface area contributed by atoms with Crippen LogP contribution in [-0.2, 0) is 4.79 Å². The van der Waals surface area contributed by atoms with Gasteiger partial charge in [-0.05, 0) is 55.0 Å². The monoisotopic (exact) mass is 402 g/mol. The topological polar surface area (TPSA) is 41.6 Å². The molecule has 122 valence electrons. The lowest BCUT2D eigenvalue weighted by Crippen LogP contribution is -2.30. The predicted octanol–water partition coefficient (Wildman–Crippen LogP) is 4.03. The van der Waals surface area contributed by atoms with E-state index in [4.69, 9.17) is 17.0 Å². The standard InChI is InChI=1S/C18H15BrN2O2S/c1-11-5-3-4-6-15(11)21-17(22)14(20-18(21)24)10-12-9-13(19)7-8-16(12)23-2/h3-10H,1-2H3,(H,20,24)/b14-10+. The number of para-hydroxylation sites is 1. The average Bonchev–Trinajstić information content (AvgIpc) is 2.82. The van der Waals surface area contributed by atoms with Crippen molar-refractivity contribution in [2.45, 2.75) is 6.92 Å². The number of hydrogen-bond acceptors (Lipinski definition) is 3. The van der Waals surface area contributed by atoms with Crippen molar-refractivity contribution < 1.29 is 9.53 Å². The Balaban J connectivity index is 2.01. The highest BCUT2D eigenvalue weighted by atomic mass is 79.9. The van der Waals surface area contributed by atoms with Crippen molar-refractivity contribution in [2.75, 3.05) is 12.0 Å². The summed E-state index contributed by atoms with van der Waals surface area (Å²) in [5.41, 5.74) is 2.97. The van der Waals surface area contributed by atoms with Crippen LogP contribution in [-0.4, -0.2) is 18.1 Å². The highest BCUT2D eigenvalue weighted by Gasteiger charge is 2.32. The van der Waals surface area contributed by atoms with Crippen molar-refractivity contribution in [2.24, 2.45) is 0 Å². The van der Waals surface area contributed by atoms with Gasteiger partial charge in [-0.3, -0.25) is 9.69 Å². The van der Waals surface area contributed by atoms with Gasteiger partial charge < -0.3 is 10.1 Å². The van der Waals surface area contributed by atoms with Gasteiger partial charge in [0.2, 0.25) is 0 Å². The summed E-state index contributed by atoms with van der Waals surface area (Å²) in [5.74, 6) is 0.497. The zero-order valence-corrected chi connectivity index (χ0v) is 15.6. The molecule has 3 rings (SSSR count). The van der Waals surface area contributed by atoms with Crippen molar-refractivity contribution in [3.63, 3.8) is 0 Å². The molecule has 1 amide bonds. The number of carbonyl (C=O) groups excluding carboxylic acids is 1. The first-order valence-electron chi connectivity index (χ1n) is 7.27. The number of halogens is 1. The first-order valence-corrected chi connectivity index (χ1v) is 8.47. The van der Waals surface area contributed by atoms with E-state index in [0.29, 0.717) is 16.6 Å². The maximum absolute atomic E-state index is 12.8. The smallest absolute Gasteiger partial charge is 0.281 e. The third-order valence-corrected chi connectivity index (χ3v) is 4.50. The zero-order valence-electron chi connectivity index (χ0n) is 13.2. The van der Waals surface area contributed by atoms with Crippen molar-refractivity contribution in [1.82, 2.24) is 5.32 Å². The minimum Gasteiger partial charge on any atom is -0.496 e. The van der Waals surface area contributed by atoms with Crippen molar-refractivity contribution in [3.8, 4) is 5.75 Å². The molecule has 1 saturated heterocycles. The van der Waals surface area contributed by atoms with Crippen molar-refractivity contribution in [1.29, 1.82) is 0 Å². The number of nitrogens with one attached hydrogen (secondary N) is 1. The minimum absolute atomic E-state index is 0.184. The van der Waals surface area contributed by atoms with Crippen LogP contribution in [0.1, 0.15) is 11.1 Å². The summed E-state index contributed by atoms with van der Waals surface area (Å²) < 4.78 is 6.25. The lowest BCUT2D eigenvalue weighted by molar-refractivity contribution is -0.113. The molecule has 0 bridgehead atoms. The largest absolute Gasteiger partial charge is 0.496 e. The molecular formula is C18H15BrN2O2S. The van der Waals surface area contributed by atoms with Crippen LogP contribution in [0.3, 0.4) is 0 Å². The fourth-order valence-electron chi connectivity index (χ4n) is 2.54. The third-order valence-electron chi connectivity index (χ3n) is 3.73. The Labute approximate surface area is 154 Å². The van der Waals surface area contributed by atoms with E-state index in [0.717, 1.165) is 21.3 Å². The van der Waals surface area contributed by atoms with Gasteiger partial charge in [0.05, 0.1) is 12.8 Å². The van der Waals surface area contributed by atoms with Gasteiger partial charge in [0.1, 0.15) is 11.4 Å². The second kappa shape index (κ2) is 6.75. The van der Waals surface area contributed by atoms with Crippen LogP contribution < -0.4 is 15.0 Å². The highest BCUT2D eigenvalue weighted by molar-refractivity contribution is 9.10. The van der Waals surface area contributed by atoms with Gasteiger partial charge in [0, 0.05) is 10.0 Å². The Bertz CT molecular complexity index is 864. The molecule has 0 radical (unpaired) electrons. The quantitative estimate of drug-likeness (QED) is 0.621. The van der Waals surface area contributed by atoms with Crippen molar-refractivity contribution in [3.05, 3.63) is 63.8 Å². The summed E-state index contributed by atoms with van der Waals surface area (Å²) in [7, 11) is 1.60. The maximum Gasteiger partial charge on any atom is 0.281 e. The van der Waals surface area contributed by atoms with Gasteiger partial charge in [0.25, 0.3) is 5.91 Å². The van der Waals surface area contributed by atoms with Gasteiger partial charge in [-0.2, -0.15) is 0 Å². The fourth-order valence-corrected chi connectivity index (χ4v) is 3.21. The van der Waals surface area contributed by atoms with Crippen molar-refractivity contribution >= 4 is 50.9 Å². The minimum atomic E-state index is -0.184. The molecule has 0 atom stereocenters. The molecule has 4 nitrogen and oxygen atoms in total. The Morgan fingerprint density at radius 1 is 1.25 bits per heavy atom. The van der Waals surface area contributed by atoms with Crippen LogP contribution in [0, 0.1) is 6.92 Å². The number of benzene rings is 2.